The topological polar surface area (TPSA) is 35.8 Å². The van der Waals surface area contributed by atoms with E-state index in [-0.39, 0.29) is 0 Å². The predicted octanol–water partition coefficient (Wildman–Crippen LogP) is 4.24. The van der Waals surface area contributed by atoms with E-state index >= 15 is 0 Å². The second kappa shape index (κ2) is 5.90. The van der Waals surface area contributed by atoms with E-state index in [4.69, 9.17) is 16.9 Å². The van der Waals surface area contributed by atoms with E-state index in [1.54, 1.807) is 11.3 Å². The van der Waals surface area contributed by atoms with Gasteiger partial charge in [-0.2, -0.15) is 5.26 Å². The van der Waals surface area contributed by atoms with E-state index in [2.05, 4.69) is 11.4 Å². The number of anilines is 1. The van der Waals surface area contributed by atoms with Crippen LogP contribution in [-0.4, -0.2) is 6.54 Å². The fourth-order valence-corrected chi connectivity index (χ4v) is 2.80. The molecule has 0 saturated heterocycles. The normalized spacial score (nSPS) is 10.1. The number of nitriles is 1. The van der Waals surface area contributed by atoms with Gasteiger partial charge in [-0.1, -0.05) is 17.7 Å². The molecule has 1 heterocycles. The van der Waals surface area contributed by atoms with Crippen molar-refractivity contribution in [3.05, 3.63) is 50.7 Å². The first-order valence-electron chi connectivity index (χ1n) is 5.68. The third-order valence-corrected chi connectivity index (χ3v) is 3.90. The van der Waals surface area contributed by atoms with Crippen LogP contribution >= 0.6 is 22.9 Å². The molecule has 2 nitrogen and oxygen atoms in total. The molecular weight excluding hydrogens is 264 g/mol. The highest BCUT2D eigenvalue weighted by molar-refractivity contribution is 7.16. The van der Waals surface area contributed by atoms with Gasteiger partial charge in [0, 0.05) is 11.4 Å². The standard InChI is InChI=1S/C14H13ClN2S/c1-10-2-4-13(11(8-10)9-16)17-7-6-12-3-5-14(15)18-12/h2-5,8,17H,6-7H2,1H3. The van der Waals surface area contributed by atoms with Crippen LogP contribution in [0.4, 0.5) is 5.69 Å². The smallest absolute Gasteiger partial charge is 0.101 e. The molecule has 1 aromatic carbocycles. The van der Waals surface area contributed by atoms with Gasteiger partial charge in [0.15, 0.2) is 0 Å². The summed E-state index contributed by atoms with van der Waals surface area (Å²) in [6, 6.07) is 12.0. The van der Waals surface area contributed by atoms with E-state index in [1.807, 2.05) is 37.3 Å². The Hall–Kier alpha value is -1.50. The molecule has 92 valence electrons. The molecule has 0 aliphatic carbocycles. The third kappa shape index (κ3) is 3.25. The first kappa shape index (κ1) is 12.9. The van der Waals surface area contributed by atoms with Gasteiger partial charge in [-0.25, -0.2) is 0 Å². The Balaban J connectivity index is 1.96. The lowest BCUT2D eigenvalue weighted by Crippen LogP contribution is -2.05. The molecule has 0 aliphatic rings. The van der Waals surface area contributed by atoms with Crippen molar-refractivity contribution in [3.8, 4) is 6.07 Å². The fraction of sp³-hybridized carbons (Fsp3) is 0.214. The molecule has 0 radical (unpaired) electrons. The summed E-state index contributed by atoms with van der Waals surface area (Å²) >= 11 is 7.47. The molecule has 2 rings (SSSR count). The number of hydrogen-bond donors (Lipinski definition) is 1. The van der Waals surface area contributed by atoms with E-state index in [0.29, 0.717) is 5.56 Å². The second-order valence-electron chi connectivity index (χ2n) is 4.04. The van der Waals surface area contributed by atoms with E-state index in [1.165, 1.54) is 4.88 Å². The Kier molecular flexibility index (Phi) is 4.24. The maximum Gasteiger partial charge on any atom is 0.101 e. The van der Waals surface area contributed by atoms with Crippen molar-refractivity contribution in [1.82, 2.24) is 0 Å². The summed E-state index contributed by atoms with van der Waals surface area (Å²) in [7, 11) is 0. The van der Waals surface area contributed by atoms with Gasteiger partial charge in [0.2, 0.25) is 0 Å². The van der Waals surface area contributed by atoms with Gasteiger partial charge in [-0.15, -0.1) is 11.3 Å². The molecule has 0 unspecified atom stereocenters. The van der Waals surface area contributed by atoms with Crippen LogP contribution in [0.5, 0.6) is 0 Å². The SMILES string of the molecule is Cc1ccc(NCCc2ccc(Cl)s2)c(C#N)c1. The van der Waals surface area contributed by atoms with Crippen LogP contribution in [0.15, 0.2) is 30.3 Å². The minimum atomic E-state index is 0.694. The Morgan fingerprint density at radius 2 is 2.17 bits per heavy atom. The first-order chi connectivity index (χ1) is 8.69. The molecule has 1 N–H and O–H groups in total. The lowest BCUT2D eigenvalue weighted by Gasteiger charge is -2.08. The second-order valence-corrected chi connectivity index (χ2v) is 5.84. The summed E-state index contributed by atoms with van der Waals surface area (Å²) in [6.45, 7) is 2.78. The molecule has 0 fully saturated rings. The number of nitrogens with one attached hydrogen (secondary N) is 1. The summed E-state index contributed by atoms with van der Waals surface area (Å²) < 4.78 is 0.818. The minimum Gasteiger partial charge on any atom is -0.384 e. The van der Waals surface area contributed by atoms with Crippen molar-refractivity contribution in [3.63, 3.8) is 0 Å². The van der Waals surface area contributed by atoms with Crippen molar-refractivity contribution >= 4 is 28.6 Å². The van der Waals surface area contributed by atoms with E-state index < -0.39 is 0 Å². The van der Waals surface area contributed by atoms with Crippen molar-refractivity contribution in [2.45, 2.75) is 13.3 Å². The lowest BCUT2D eigenvalue weighted by atomic mass is 10.1. The van der Waals surface area contributed by atoms with Gasteiger partial charge in [-0.05, 0) is 43.2 Å². The van der Waals surface area contributed by atoms with E-state index in [0.717, 1.165) is 28.6 Å². The zero-order valence-electron chi connectivity index (χ0n) is 10.0. The van der Waals surface area contributed by atoms with Crippen LogP contribution in [0.1, 0.15) is 16.0 Å². The minimum absolute atomic E-state index is 0.694. The van der Waals surface area contributed by atoms with Crippen LogP contribution in [-0.2, 0) is 6.42 Å². The first-order valence-corrected chi connectivity index (χ1v) is 6.87. The Bertz CT molecular complexity index is 584. The van der Waals surface area contributed by atoms with Crippen LogP contribution in [0, 0.1) is 18.3 Å². The Morgan fingerprint density at radius 1 is 1.33 bits per heavy atom. The number of hydrogen-bond acceptors (Lipinski definition) is 3. The largest absolute Gasteiger partial charge is 0.384 e. The van der Waals surface area contributed by atoms with Crippen LogP contribution < -0.4 is 5.32 Å². The monoisotopic (exact) mass is 276 g/mol. The van der Waals surface area contributed by atoms with Crippen LogP contribution in [0.3, 0.4) is 0 Å². The quantitative estimate of drug-likeness (QED) is 0.907. The van der Waals surface area contributed by atoms with Crippen LogP contribution in [0.25, 0.3) is 0 Å². The molecular formula is C14H13ClN2S. The third-order valence-electron chi connectivity index (χ3n) is 2.61. The van der Waals surface area contributed by atoms with Gasteiger partial charge >= 0.3 is 0 Å². The predicted molar refractivity (Wildman–Crippen MR) is 77.4 cm³/mol. The number of thiophene rings is 1. The van der Waals surface area contributed by atoms with Crippen molar-refractivity contribution in [1.29, 1.82) is 5.26 Å². The molecule has 18 heavy (non-hydrogen) atoms. The van der Waals surface area contributed by atoms with Gasteiger partial charge in [0.25, 0.3) is 0 Å². The molecule has 1 aromatic heterocycles. The number of aryl methyl sites for hydroxylation is 1. The lowest BCUT2D eigenvalue weighted by molar-refractivity contribution is 1.04. The average molecular weight is 277 g/mol. The number of benzene rings is 1. The number of halogens is 1. The maximum atomic E-state index is 9.06. The van der Waals surface area contributed by atoms with Gasteiger partial charge in [-0.3, -0.25) is 0 Å². The molecule has 0 bridgehead atoms. The fourth-order valence-electron chi connectivity index (χ4n) is 1.71. The van der Waals surface area contributed by atoms with Crippen molar-refractivity contribution in [2.24, 2.45) is 0 Å². The molecule has 0 spiro atoms. The maximum absolute atomic E-state index is 9.06. The number of rotatable bonds is 4. The number of nitrogens with zero attached hydrogens (tertiary/aromatic N) is 1. The Labute approximate surface area is 116 Å². The molecule has 0 aliphatic heterocycles. The molecule has 2 aromatic rings. The summed E-state index contributed by atoms with van der Waals surface area (Å²) in [5.41, 5.74) is 2.69. The molecule has 4 heteroatoms. The highest BCUT2D eigenvalue weighted by Crippen LogP contribution is 2.22. The van der Waals surface area contributed by atoms with Crippen molar-refractivity contribution < 1.29 is 0 Å². The molecule has 0 amide bonds. The van der Waals surface area contributed by atoms with Crippen molar-refractivity contribution in [2.75, 3.05) is 11.9 Å². The van der Waals surface area contributed by atoms with Gasteiger partial charge in [0.1, 0.15) is 6.07 Å². The highest BCUT2D eigenvalue weighted by Gasteiger charge is 2.02. The molecule has 0 saturated carbocycles. The summed E-state index contributed by atoms with van der Waals surface area (Å²) in [6.07, 6.45) is 0.913. The summed E-state index contributed by atoms with van der Waals surface area (Å²) in [5, 5.41) is 12.3. The van der Waals surface area contributed by atoms with Crippen LogP contribution in [0.2, 0.25) is 4.34 Å². The molecule has 0 atom stereocenters. The van der Waals surface area contributed by atoms with Gasteiger partial charge in [0.05, 0.1) is 15.6 Å². The van der Waals surface area contributed by atoms with Gasteiger partial charge < -0.3 is 5.32 Å². The highest BCUT2D eigenvalue weighted by atomic mass is 35.5. The zero-order chi connectivity index (χ0) is 13.0. The zero-order valence-corrected chi connectivity index (χ0v) is 11.6. The van der Waals surface area contributed by atoms with E-state index in [9.17, 15) is 0 Å². The Morgan fingerprint density at radius 3 is 2.83 bits per heavy atom. The summed E-state index contributed by atoms with van der Waals surface area (Å²) in [4.78, 5) is 1.25. The average Bonchev–Trinajstić information content (AvgIpc) is 2.77. The summed E-state index contributed by atoms with van der Waals surface area (Å²) in [5.74, 6) is 0.